The number of benzene rings is 1. The summed E-state index contributed by atoms with van der Waals surface area (Å²) in [5.41, 5.74) is -0.367. The first-order valence-electron chi connectivity index (χ1n) is 8.20. The molecule has 26 heavy (non-hydrogen) atoms. The van der Waals surface area contributed by atoms with Crippen LogP contribution in [-0.4, -0.2) is 32.8 Å². The van der Waals surface area contributed by atoms with E-state index in [1.807, 2.05) is 0 Å². The average Bonchev–Trinajstić information content (AvgIpc) is 2.95. The van der Waals surface area contributed by atoms with Crippen LogP contribution in [0.3, 0.4) is 0 Å². The highest BCUT2D eigenvalue weighted by atomic mass is 35.5. The molecule has 1 saturated heterocycles. The molecule has 2 aliphatic rings. The van der Waals surface area contributed by atoms with Gasteiger partial charge in [-0.2, -0.15) is 10.2 Å². The lowest BCUT2D eigenvalue weighted by Crippen LogP contribution is -2.24. The number of hydrogen-bond acceptors (Lipinski definition) is 4. The Hall–Kier alpha value is -2.32. The van der Waals surface area contributed by atoms with E-state index < -0.39 is 11.6 Å². The molecule has 1 aromatic carbocycles. The summed E-state index contributed by atoms with van der Waals surface area (Å²) in [6.07, 6.45) is 1.48. The van der Waals surface area contributed by atoms with Crippen LogP contribution in [0.4, 0.5) is 8.78 Å². The Bertz CT molecular complexity index is 1070. The van der Waals surface area contributed by atoms with Gasteiger partial charge in [-0.25, -0.2) is 18.1 Å². The molecule has 0 radical (unpaired) electrons. The third kappa shape index (κ3) is 2.22. The molecule has 3 aromatic rings. The van der Waals surface area contributed by atoms with Gasteiger partial charge >= 0.3 is 0 Å². The number of rotatable bonds is 3. The van der Waals surface area contributed by atoms with Gasteiger partial charge in [0.05, 0.1) is 37.4 Å². The van der Waals surface area contributed by atoms with Gasteiger partial charge in [0.1, 0.15) is 16.8 Å². The van der Waals surface area contributed by atoms with E-state index in [0.717, 1.165) is 12.1 Å². The number of fused-ring (bicyclic) bond motifs is 2. The zero-order valence-electron chi connectivity index (χ0n) is 13.4. The Morgan fingerprint density at radius 1 is 1.23 bits per heavy atom. The fourth-order valence-corrected chi connectivity index (χ4v) is 3.97. The molecule has 0 spiro atoms. The van der Waals surface area contributed by atoms with Gasteiger partial charge in [-0.3, -0.25) is 4.79 Å². The average molecular weight is 379 g/mol. The molecule has 3 atom stereocenters. The smallest absolute Gasteiger partial charge is 0.295 e. The third-order valence-corrected chi connectivity index (χ3v) is 5.60. The molecule has 2 aromatic heterocycles. The molecule has 0 bridgehead atoms. The second-order valence-electron chi connectivity index (χ2n) is 6.66. The summed E-state index contributed by atoms with van der Waals surface area (Å²) in [7, 11) is 0. The molecule has 1 aliphatic heterocycles. The van der Waals surface area contributed by atoms with Crippen molar-refractivity contribution in [2.24, 2.45) is 11.8 Å². The molecule has 1 saturated carbocycles. The van der Waals surface area contributed by atoms with Gasteiger partial charge < -0.3 is 4.74 Å². The molecule has 1 unspecified atom stereocenters. The largest absolute Gasteiger partial charge is 0.381 e. The maximum Gasteiger partial charge on any atom is 0.295 e. The van der Waals surface area contributed by atoms with E-state index in [0.29, 0.717) is 30.4 Å². The molecular weight excluding hydrogens is 366 g/mol. The van der Waals surface area contributed by atoms with Crippen LogP contribution in [0.25, 0.3) is 10.9 Å². The fourth-order valence-electron chi connectivity index (χ4n) is 3.73. The highest BCUT2D eigenvalue weighted by Crippen LogP contribution is 2.53. The Morgan fingerprint density at radius 3 is 2.62 bits per heavy atom. The maximum absolute atomic E-state index is 13.9. The van der Waals surface area contributed by atoms with E-state index >= 15 is 0 Å². The van der Waals surface area contributed by atoms with E-state index in [-0.39, 0.29) is 34.4 Å². The number of ether oxygens (including phenoxy) is 1. The zero-order valence-corrected chi connectivity index (χ0v) is 14.2. The lowest BCUT2D eigenvalue weighted by molar-refractivity contribution is 0.149. The number of halogens is 3. The van der Waals surface area contributed by atoms with E-state index in [4.69, 9.17) is 16.3 Å². The summed E-state index contributed by atoms with van der Waals surface area (Å²) in [5, 5.41) is 8.92. The van der Waals surface area contributed by atoms with Crippen molar-refractivity contribution < 1.29 is 13.5 Å². The highest BCUT2D eigenvalue weighted by molar-refractivity contribution is 6.34. The van der Waals surface area contributed by atoms with Gasteiger partial charge in [-0.1, -0.05) is 17.7 Å². The Kier molecular flexibility index (Phi) is 3.42. The van der Waals surface area contributed by atoms with E-state index in [1.54, 1.807) is 0 Å². The van der Waals surface area contributed by atoms with Crippen LogP contribution in [0, 0.1) is 23.5 Å². The standard InChI is InChI=1S/C17H13ClF2N4O2/c18-16-8-4-21-24(15-10-6-26-7-11(10)15)17(25)14(8)22-23(16)5-9-12(19)2-1-3-13(9)20/h1-4,10-11,15H,5-7H2/t10-,11+,15?. The molecule has 9 heteroatoms. The summed E-state index contributed by atoms with van der Waals surface area (Å²) in [6.45, 7) is 1.04. The van der Waals surface area contributed by atoms with Crippen LogP contribution < -0.4 is 5.56 Å². The van der Waals surface area contributed by atoms with Crippen molar-refractivity contribution in [3.63, 3.8) is 0 Å². The normalized spacial score (nSPS) is 24.2. The summed E-state index contributed by atoms with van der Waals surface area (Å²) >= 11 is 6.27. The maximum atomic E-state index is 13.9. The Morgan fingerprint density at radius 2 is 1.92 bits per heavy atom. The fraction of sp³-hybridized carbons (Fsp3) is 0.353. The first-order chi connectivity index (χ1) is 12.6. The lowest BCUT2D eigenvalue weighted by atomic mass is 10.2. The van der Waals surface area contributed by atoms with E-state index in [9.17, 15) is 13.6 Å². The topological polar surface area (TPSA) is 61.9 Å². The second kappa shape index (κ2) is 5.59. The van der Waals surface area contributed by atoms with Gasteiger partial charge in [-0.15, -0.1) is 0 Å². The summed E-state index contributed by atoms with van der Waals surface area (Å²) in [5.74, 6) is -0.769. The third-order valence-electron chi connectivity index (χ3n) is 5.21. The molecule has 0 amide bonds. The van der Waals surface area contributed by atoms with Crippen molar-refractivity contribution in [2.75, 3.05) is 13.2 Å². The minimum atomic E-state index is -0.693. The van der Waals surface area contributed by atoms with E-state index in [2.05, 4.69) is 10.2 Å². The number of aromatic nitrogens is 4. The first-order valence-corrected chi connectivity index (χ1v) is 8.58. The molecule has 0 N–H and O–H groups in total. The predicted molar refractivity (Wildman–Crippen MR) is 89.1 cm³/mol. The SMILES string of the molecule is O=c1c2nn(Cc3c(F)cccc3F)c(Cl)c2cnn1C1[C@H]2COC[C@@H]12. The van der Waals surface area contributed by atoms with Gasteiger partial charge in [0.25, 0.3) is 5.56 Å². The quantitative estimate of drug-likeness (QED) is 0.702. The van der Waals surface area contributed by atoms with Crippen molar-refractivity contribution in [3.8, 4) is 0 Å². The number of hydrogen-bond donors (Lipinski definition) is 0. The van der Waals surface area contributed by atoms with Crippen molar-refractivity contribution in [2.45, 2.75) is 12.6 Å². The molecule has 3 heterocycles. The molecule has 5 rings (SSSR count). The van der Waals surface area contributed by atoms with Crippen molar-refractivity contribution in [3.05, 3.63) is 57.1 Å². The van der Waals surface area contributed by atoms with Gasteiger partial charge in [0, 0.05) is 17.4 Å². The second-order valence-corrected chi connectivity index (χ2v) is 7.02. The number of nitrogens with zero attached hydrogens (tertiary/aromatic N) is 4. The lowest BCUT2D eigenvalue weighted by Gasteiger charge is -2.06. The van der Waals surface area contributed by atoms with Crippen molar-refractivity contribution in [1.82, 2.24) is 19.6 Å². The molecule has 134 valence electrons. The predicted octanol–water partition coefficient (Wildman–Crippen LogP) is 2.39. The van der Waals surface area contributed by atoms with Crippen LogP contribution in [-0.2, 0) is 11.3 Å². The van der Waals surface area contributed by atoms with Crippen LogP contribution >= 0.6 is 11.6 Å². The molecule has 2 fully saturated rings. The molecule has 1 aliphatic carbocycles. The van der Waals surface area contributed by atoms with Crippen LogP contribution in [0.15, 0.2) is 29.2 Å². The summed E-state index contributed by atoms with van der Waals surface area (Å²) in [6, 6.07) is 3.64. The van der Waals surface area contributed by atoms with Crippen LogP contribution in [0.1, 0.15) is 11.6 Å². The van der Waals surface area contributed by atoms with Crippen LogP contribution in [0.5, 0.6) is 0 Å². The minimum Gasteiger partial charge on any atom is -0.381 e. The monoisotopic (exact) mass is 378 g/mol. The first kappa shape index (κ1) is 15.9. The molecular formula is C17H13ClF2N4O2. The van der Waals surface area contributed by atoms with Crippen molar-refractivity contribution in [1.29, 1.82) is 0 Å². The van der Waals surface area contributed by atoms with Crippen LogP contribution in [0.2, 0.25) is 5.15 Å². The van der Waals surface area contributed by atoms with E-state index in [1.165, 1.54) is 21.6 Å². The highest BCUT2D eigenvalue weighted by Gasteiger charge is 2.56. The summed E-state index contributed by atoms with van der Waals surface area (Å²) < 4.78 is 35.8. The minimum absolute atomic E-state index is 0.0218. The van der Waals surface area contributed by atoms with Gasteiger partial charge in [0.2, 0.25) is 0 Å². The Balaban J connectivity index is 1.57. The zero-order chi connectivity index (χ0) is 18.0. The van der Waals surface area contributed by atoms with Crippen molar-refractivity contribution >= 4 is 22.5 Å². The Labute approximate surface area is 150 Å². The van der Waals surface area contributed by atoms with Gasteiger partial charge in [-0.05, 0) is 12.1 Å². The summed E-state index contributed by atoms with van der Waals surface area (Å²) in [4.78, 5) is 12.8. The molecule has 6 nitrogen and oxygen atoms in total. The van der Waals surface area contributed by atoms with Gasteiger partial charge in [0.15, 0.2) is 5.52 Å².